The van der Waals surface area contributed by atoms with Crippen LogP contribution in [0, 0.1) is 0 Å². The normalized spacial score (nSPS) is 12.8. The molecule has 122 valence electrons. The van der Waals surface area contributed by atoms with Crippen molar-refractivity contribution in [3.63, 3.8) is 0 Å². The molecule has 0 saturated carbocycles. The largest absolute Gasteiger partial charge is 0.456 e. The van der Waals surface area contributed by atoms with Gasteiger partial charge in [0.25, 0.3) is 0 Å². The third-order valence-electron chi connectivity index (χ3n) is 4.99. The summed E-state index contributed by atoms with van der Waals surface area (Å²) in [5, 5.41) is 4.93. The highest BCUT2D eigenvalue weighted by Gasteiger charge is 2.15. The quantitative estimate of drug-likeness (QED) is 0.363. The van der Waals surface area contributed by atoms with E-state index in [2.05, 4.69) is 83.1 Å². The molecule has 0 radical (unpaired) electrons. The Balaban J connectivity index is 1.99. The second kappa shape index (κ2) is 5.11. The van der Waals surface area contributed by atoms with Crippen LogP contribution in [0.3, 0.4) is 0 Å². The van der Waals surface area contributed by atoms with Crippen LogP contribution in [0.15, 0.2) is 52.9 Å². The molecule has 0 atom stereocenters. The Labute approximate surface area is 143 Å². The fourth-order valence-electron chi connectivity index (χ4n) is 3.36. The maximum Gasteiger partial charge on any atom is 0.136 e. The first-order valence-corrected chi connectivity index (χ1v) is 8.73. The zero-order valence-electron chi connectivity index (χ0n) is 15.1. The molecule has 0 fully saturated rings. The summed E-state index contributed by atoms with van der Waals surface area (Å²) in [7, 11) is 0. The van der Waals surface area contributed by atoms with E-state index in [-0.39, 0.29) is 5.41 Å². The van der Waals surface area contributed by atoms with Crippen LogP contribution >= 0.6 is 0 Å². The minimum atomic E-state index is 0.156. The van der Waals surface area contributed by atoms with Crippen molar-refractivity contribution < 1.29 is 4.42 Å². The summed E-state index contributed by atoms with van der Waals surface area (Å²) in [5.74, 6) is 0.510. The zero-order valence-corrected chi connectivity index (χ0v) is 15.1. The van der Waals surface area contributed by atoms with Crippen molar-refractivity contribution in [2.24, 2.45) is 0 Å². The molecule has 0 aliphatic carbocycles. The van der Waals surface area contributed by atoms with Gasteiger partial charge in [-0.2, -0.15) is 0 Å². The molecule has 0 aliphatic rings. The topological polar surface area (TPSA) is 13.1 Å². The molecule has 4 aromatic rings. The van der Waals surface area contributed by atoms with Gasteiger partial charge in [-0.05, 0) is 51.4 Å². The molecule has 0 amide bonds. The fraction of sp³-hybridized carbons (Fsp3) is 0.304. The van der Waals surface area contributed by atoms with Crippen molar-refractivity contribution in [3.8, 4) is 0 Å². The molecule has 4 rings (SSSR count). The molecule has 1 heteroatoms. The van der Waals surface area contributed by atoms with Crippen LogP contribution in [-0.2, 0) is 5.41 Å². The smallest absolute Gasteiger partial charge is 0.136 e. The van der Waals surface area contributed by atoms with Crippen molar-refractivity contribution in [2.75, 3.05) is 0 Å². The Hall–Kier alpha value is -2.28. The van der Waals surface area contributed by atoms with Gasteiger partial charge in [-0.25, -0.2) is 0 Å². The molecule has 0 saturated heterocycles. The molecule has 0 unspecified atom stereocenters. The van der Waals surface area contributed by atoms with Gasteiger partial charge in [0.05, 0.1) is 0 Å². The molecule has 0 aliphatic heterocycles. The summed E-state index contributed by atoms with van der Waals surface area (Å²) >= 11 is 0. The summed E-state index contributed by atoms with van der Waals surface area (Å²) in [5.41, 5.74) is 4.80. The lowest BCUT2D eigenvalue weighted by Gasteiger charge is -2.19. The molecular formula is C23H24O. The highest BCUT2D eigenvalue weighted by Crippen LogP contribution is 2.35. The monoisotopic (exact) mass is 316 g/mol. The van der Waals surface area contributed by atoms with Crippen molar-refractivity contribution in [1.29, 1.82) is 0 Å². The van der Waals surface area contributed by atoms with Gasteiger partial charge in [-0.15, -0.1) is 0 Å². The lowest BCUT2D eigenvalue weighted by atomic mass is 9.86. The summed E-state index contributed by atoms with van der Waals surface area (Å²) in [6.45, 7) is 11.2. The summed E-state index contributed by atoms with van der Waals surface area (Å²) in [4.78, 5) is 0. The number of rotatable bonds is 1. The van der Waals surface area contributed by atoms with Gasteiger partial charge in [0.1, 0.15) is 11.2 Å². The summed E-state index contributed by atoms with van der Waals surface area (Å²) in [6.07, 6.45) is 0. The van der Waals surface area contributed by atoms with Gasteiger partial charge in [-0.1, -0.05) is 65.0 Å². The van der Waals surface area contributed by atoms with E-state index < -0.39 is 0 Å². The van der Waals surface area contributed by atoms with Gasteiger partial charge in [0.2, 0.25) is 0 Å². The Bertz CT molecular complexity index is 1060. The fourth-order valence-corrected chi connectivity index (χ4v) is 3.36. The van der Waals surface area contributed by atoms with Crippen LogP contribution in [0.5, 0.6) is 0 Å². The SMILES string of the molecule is CC(C)c1ccc2c(c1)oc1cc3cc(C(C)(C)C)ccc3cc12. The molecule has 0 N–H and O–H groups in total. The van der Waals surface area contributed by atoms with E-state index >= 15 is 0 Å². The van der Waals surface area contributed by atoms with Gasteiger partial charge >= 0.3 is 0 Å². The Kier molecular flexibility index (Phi) is 3.25. The van der Waals surface area contributed by atoms with Crippen LogP contribution in [-0.4, -0.2) is 0 Å². The van der Waals surface area contributed by atoms with E-state index in [4.69, 9.17) is 4.42 Å². The van der Waals surface area contributed by atoms with E-state index in [0.717, 1.165) is 11.2 Å². The standard InChI is InChI=1S/C23H24O/c1-14(2)15-7-9-19-20-11-16-6-8-18(23(3,4)5)10-17(16)13-22(20)24-21(19)12-15/h6-14H,1-5H3. The average Bonchev–Trinajstić information content (AvgIpc) is 2.87. The first-order valence-electron chi connectivity index (χ1n) is 8.73. The van der Waals surface area contributed by atoms with Crippen molar-refractivity contribution in [3.05, 3.63) is 59.7 Å². The average molecular weight is 316 g/mol. The van der Waals surface area contributed by atoms with Crippen molar-refractivity contribution in [2.45, 2.75) is 46.0 Å². The molecule has 1 nitrogen and oxygen atoms in total. The minimum absolute atomic E-state index is 0.156. The second-order valence-corrected chi connectivity index (χ2v) is 8.17. The molecule has 1 aromatic heterocycles. The third-order valence-corrected chi connectivity index (χ3v) is 4.99. The molecule has 3 aromatic carbocycles. The van der Waals surface area contributed by atoms with Crippen molar-refractivity contribution in [1.82, 2.24) is 0 Å². The first kappa shape index (κ1) is 15.3. The van der Waals surface area contributed by atoms with Crippen LogP contribution in [0.25, 0.3) is 32.7 Å². The minimum Gasteiger partial charge on any atom is -0.456 e. The highest BCUT2D eigenvalue weighted by molar-refractivity contribution is 6.10. The number of fused-ring (bicyclic) bond motifs is 4. The maximum atomic E-state index is 6.18. The van der Waals surface area contributed by atoms with E-state index in [1.165, 1.54) is 32.7 Å². The number of furan rings is 1. The predicted molar refractivity (Wildman–Crippen MR) is 104 cm³/mol. The number of hydrogen-bond acceptors (Lipinski definition) is 1. The highest BCUT2D eigenvalue weighted by atomic mass is 16.3. The third kappa shape index (κ3) is 2.39. The van der Waals surface area contributed by atoms with Crippen LogP contribution in [0.2, 0.25) is 0 Å². The molecule has 24 heavy (non-hydrogen) atoms. The molecule has 0 spiro atoms. The van der Waals surface area contributed by atoms with Gasteiger partial charge < -0.3 is 4.42 Å². The predicted octanol–water partition coefficient (Wildman–Crippen LogP) is 7.16. The summed E-state index contributed by atoms with van der Waals surface area (Å²) in [6, 6.07) is 17.8. The molecule has 0 bridgehead atoms. The first-order chi connectivity index (χ1) is 11.3. The van der Waals surface area contributed by atoms with E-state index in [9.17, 15) is 0 Å². The van der Waals surface area contributed by atoms with Crippen LogP contribution in [0.4, 0.5) is 0 Å². The van der Waals surface area contributed by atoms with Gasteiger partial charge in [0.15, 0.2) is 0 Å². The molecule has 1 heterocycles. The Morgan fingerprint density at radius 1 is 0.750 bits per heavy atom. The second-order valence-electron chi connectivity index (χ2n) is 8.17. The van der Waals surface area contributed by atoms with Gasteiger partial charge in [0, 0.05) is 10.8 Å². The van der Waals surface area contributed by atoms with E-state index in [1.54, 1.807) is 0 Å². The van der Waals surface area contributed by atoms with Crippen LogP contribution < -0.4 is 0 Å². The lowest BCUT2D eigenvalue weighted by molar-refractivity contribution is 0.591. The number of benzene rings is 3. The van der Waals surface area contributed by atoms with Crippen molar-refractivity contribution >= 4 is 32.7 Å². The Morgan fingerprint density at radius 2 is 1.50 bits per heavy atom. The van der Waals surface area contributed by atoms with E-state index in [1.807, 2.05) is 0 Å². The van der Waals surface area contributed by atoms with E-state index in [0.29, 0.717) is 5.92 Å². The van der Waals surface area contributed by atoms with Gasteiger partial charge in [-0.3, -0.25) is 0 Å². The maximum absolute atomic E-state index is 6.18. The Morgan fingerprint density at radius 3 is 2.21 bits per heavy atom. The lowest BCUT2D eigenvalue weighted by Crippen LogP contribution is -2.10. The zero-order chi connectivity index (χ0) is 17.1. The molecular weight excluding hydrogens is 292 g/mol. The summed E-state index contributed by atoms with van der Waals surface area (Å²) < 4.78 is 6.18. The number of hydrogen-bond donors (Lipinski definition) is 0. The van der Waals surface area contributed by atoms with Crippen LogP contribution in [0.1, 0.15) is 51.7 Å².